The molecule has 1 heterocycles. The first-order valence-corrected chi connectivity index (χ1v) is 9.14. The summed E-state index contributed by atoms with van der Waals surface area (Å²) in [5.41, 5.74) is 0.816. The van der Waals surface area contributed by atoms with E-state index in [4.69, 9.17) is 0 Å². The van der Waals surface area contributed by atoms with Gasteiger partial charge in [0.15, 0.2) is 0 Å². The van der Waals surface area contributed by atoms with Crippen molar-refractivity contribution in [2.75, 3.05) is 26.7 Å². The van der Waals surface area contributed by atoms with Gasteiger partial charge in [-0.05, 0) is 32.3 Å². The first-order chi connectivity index (χ1) is 12.3. The van der Waals surface area contributed by atoms with Gasteiger partial charge < -0.3 is 9.80 Å². The zero-order chi connectivity index (χ0) is 19.3. The summed E-state index contributed by atoms with van der Waals surface area (Å²) in [5.74, 6) is -0.108. The summed E-state index contributed by atoms with van der Waals surface area (Å²) >= 11 is 0. The van der Waals surface area contributed by atoms with Crippen molar-refractivity contribution in [3.63, 3.8) is 0 Å². The molecule has 1 fully saturated rings. The monoisotopic (exact) mass is 361 g/mol. The zero-order valence-corrected chi connectivity index (χ0v) is 15.7. The molecule has 1 aromatic carbocycles. The average molecular weight is 361 g/mol. The molecule has 0 atom stereocenters. The van der Waals surface area contributed by atoms with Crippen molar-refractivity contribution < 1.29 is 14.5 Å². The fourth-order valence-corrected chi connectivity index (χ4v) is 3.27. The minimum atomic E-state index is -0.469. The van der Waals surface area contributed by atoms with E-state index < -0.39 is 4.92 Å². The SMILES string of the molecule is CCCCN(C)C(=O)C1CCN(C(=O)c2ccc(C)c([N+](=O)[O-])c2)CC1. The molecule has 0 bridgehead atoms. The van der Waals surface area contributed by atoms with Crippen LogP contribution in [0, 0.1) is 23.0 Å². The first-order valence-electron chi connectivity index (χ1n) is 9.14. The van der Waals surface area contributed by atoms with Gasteiger partial charge in [-0.2, -0.15) is 0 Å². The van der Waals surface area contributed by atoms with Gasteiger partial charge in [0.2, 0.25) is 5.91 Å². The molecule has 1 aliphatic heterocycles. The fourth-order valence-electron chi connectivity index (χ4n) is 3.27. The number of rotatable bonds is 6. The van der Waals surface area contributed by atoms with E-state index in [2.05, 4.69) is 6.92 Å². The highest BCUT2D eigenvalue weighted by Crippen LogP contribution is 2.24. The third-order valence-electron chi connectivity index (χ3n) is 5.01. The number of piperidine rings is 1. The highest BCUT2D eigenvalue weighted by Gasteiger charge is 2.29. The normalized spacial score (nSPS) is 15.0. The lowest BCUT2D eigenvalue weighted by molar-refractivity contribution is -0.385. The van der Waals surface area contributed by atoms with Gasteiger partial charge in [0.1, 0.15) is 0 Å². The zero-order valence-electron chi connectivity index (χ0n) is 15.7. The van der Waals surface area contributed by atoms with Gasteiger partial charge in [0, 0.05) is 49.8 Å². The van der Waals surface area contributed by atoms with Crippen LogP contribution >= 0.6 is 0 Å². The maximum atomic E-state index is 12.6. The number of nitrogens with zero attached hydrogens (tertiary/aromatic N) is 3. The number of amides is 2. The van der Waals surface area contributed by atoms with Crippen LogP contribution in [0.25, 0.3) is 0 Å². The van der Waals surface area contributed by atoms with Gasteiger partial charge in [0.05, 0.1) is 4.92 Å². The summed E-state index contributed by atoms with van der Waals surface area (Å²) in [6.45, 7) is 5.51. The lowest BCUT2D eigenvalue weighted by Crippen LogP contribution is -2.43. The van der Waals surface area contributed by atoms with Crippen LogP contribution in [0.3, 0.4) is 0 Å². The van der Waals surface area contributed by atoms with E-state index in [1.807, 2.05) is 7.05 Å². The maximum Gasteiger partial charge on any atom is 0.273 e. The minimum Gasteiger partial charge on any atom is -0.346 e. The summed E-state index contributed by atoms with van der Waals surface area (Å²) in [5, 5.41) is 11.1. The van der Waals surface area contributed by atoms with Gasteiger partial charge in [-0.1, -0.05) is 19.4 Å². The summed E-state index contributed by atoms with van der Waals surface area (Å²) in [4.78, 5) is 39.2. The molecule has 7 heteroatoms. The molecular formula is C19H27N3O4. The lowest BCUT2D eigenvalue weighted by atomic mass is 9.94. The van der Waals surface area contributed by atoms with Crippen LogP contribution in [0.1, 0.15) is 48.5 Å². The van der Waals surface area contributed by atoms with Gasteiger partial charge in [-0.25, -0.2) is 0 Å². The van der Waals surface area contributed by atoms with Crippen LogP contribution in [0.5, 0.6) is 0 Å². The number of benzene rings is 1. The number of aryl methyl sites for hydroxylation is 1. The smallest absolute Gasteiger partial charge is 0.273 e. The number of nitro groups is 1. The molecule has 1 aromatic rings. The molecule has 2 rings (SSSR count). The van der Waals surface area contributed by atoms with Crippen molar-refractivity contribution in [1.82, 2.24) is 9.80 Å². The van der Waals surface area contributed by atoms with E-state index >= 15 is 0 Å². The first kappa shape index (κ1) is 19.9. The second kappa shape index (κ2) is 8.78. The van der Waals surface area contributed by atoms with Crippen LogP contribution in [-0.2, 0) is 4.79 Å². The summed E-state index contributed by atoms with van der Waals surface area (Å²) in [7, 11) is 1.83. The standard InChI is InChI=1S/C19H27N3O4/c1-4-5-10-20(3)18(23)15-8-11-21(12-9-15)19(24)16-7-6-14(2)17(13-16)22(25)26/h6-7,13,15H,4-5,8-12H2,1-3H3. The number of nitro benzene ring substituents is 1. The highest BCUT2D eigenvalue weighted by molar-refractivity contribution is 5.95. The Hall–Kier alpha value is -2.44. The summed E-state index contributed by atoms with van der Waals surface area (Å²) in [6.07, 6.45) is 3.31. The molecule has 7 nitrogen and oxygen atoms in total. The molecule has 0 saturated carbocycles. The average Bonchev–Trinajstić information content (AvgIpc) is 2.65. The second-order valence-corrected chi connectivity index (χ2v) is 6.94. The van der Waals surface area contributed by atoms with Gasteiger partial charge in [0.25, 0.3) is 11.6 Å². The Morgan fingerprint density at radius 3 is 2.54 bits per heavy atom. The predicted molar refractivity (Wildman–Crippen MR) is 99.0 cm³/mol. The number of hydrogen-bond donors (Lipinski definition) is 0. The molecule has 0 aromatic heterocycles. The lowest BCUT2D eigenvalue weighted by Gasteiger charge is -2.33. The van der Waals surface area contributed by atoms with Crippen molar-refractivity contribution in [3.8, 4) is 0 Å². The molecule has 0 aliphatic carbocycles. The number of carbonyl (C=O) groups excluding carboxylic acids is 2. The minimum absolute atomic E-state index is 0.0431. The van der Waals surface area contributed by atoms with Crippen molar-refractivity contribution in [3.05, 3.63) is 39.4 Å². The van der Waals surface area contributed by atoms with Crippen molar-refractivity contribution in [2.45, 2.75) is 39.5 Å². The third kappa shape index (κ3) is 4.59. The van der Waals surface area contributed by atoms with Crippen LogP contribution in [0.2, 0.25) is 0 Å². The van der Waals surface area contributed by atoms with Crippen LogP contribution in [-0.4, -0.2) is 53.2 Å². The molecule has 1 saturated heterocycles. The Morgan fingerprint density at radius 1 is 1.31 bits per heavy atom. The van der Waals surface area contributed by atoms with Crippen molar-refractivity contribution in [1.29, 1.82) is 0 Å². The Bertz CT molecular complexity index is 681. The Kier molecular flexibility index (Phi) is 6.71. The fraction of sp³-hybridized carbons (Fsp3) is 0.579. The van der Waals surface area contributed by atoms with E-state index in [0.29, 0.717) is 37.1 Å². The van der Waals surface area contributed by atoms with Crippen molar-refractivity contribution >= 4 is 17.5 Å². The molecule has 2 amide bonds. The largest absolute Gasteiger partial charge is 0.346 e. The van der Waals surface area contributed by atoms with Crippen LogP contribution in [0.15, 0.2) is 18.2 Å². The van der Waals surface area contributed by atoms with Crippen LogP contribution in [0.4, 0.5) is 5.69 Å². The van der Waals surface area contributed by atoms with Crippen LogP contribution < -0.4 is 0 Å². The summed E-state index contributed by atoms with van der Waals surface area (Å²) in [6, 6.07) is 4.57. The topological polar surface area (TPSA) is 83.8 Å². The number of carbonyl (C=O) groups is 2. The second-order valence-electron chi connectivity index (χ2n) is 6.94. The van der Waals surface area contributed by atoms with E-state index in [1.165, 1.54) is 6.07 Å². The third-order valence-corrected chi connectivity index (χ3v) is 5.01. The van der Waals surface area contributed by atoms with E-state index in [0.717, 1.165) is 19.4 Å². The van der Waals surface area contributed by atoms with Gasteiger partial charge in [-0.3, -0.25) is 19.7 Å². The molecule has 0 N–H and O–H groups in total. The molecule has 0 spiro atoms. The highest BCUT2D eigenvalue weighted by atomic mass is 16.6. The number of hydrogen-bond acceptors (Lipinski definition) is 4. The Morgan fingerprint density at radius 2 is 1.96 bits per heavy atom. The molecular weight excluding hydrogens is 334 g/mol. The summed E-state index contributed by atoms with van der Waals surface area (Å²) < 4.78 is 0. The Balaban J connectivity index is 1.97. The van der Waals surface area contributed by atoms with E-state index in [-0.39, 0.29) is 23.4 Å². The van der Waals surface area contributed by atoms with Gasteiger partial charge >= 0.3 is 0 Å². The van der Waals surface area contributed by atoms with E-state index in [1.54, 1.807) is 28.9 Å². The number of unbranched alkanes of at least 4 members (excludes halogenated alkanes) is 1. The van der Waals surface area contributed by atoms with Crippen molar-refractivity contribution in [2.24, 2.45) is 5.92 Å². The predicted octanol–water partition coefficient (Wildman–Crippen LogP) is 3.01. The molecule has 0 radical (unpaired) electrons. The maximum absolute atomic E-state index is 12.6. The molecule has 142 valence electrons. The molecule has 1 aliphatic rings. The molecule has 26 heavy (non-hydrogen) atoms. The van der Waals surface area contributed by atoms with Gasteiger partial charge in [-0.15, -0.1) is 0 Å². The van der Waals surface area contributed by atoms with E-state index in [9.17, 15) is 19.7 Å². The molecule has 0 unspecified atom stereocenters. The quantitative estimate of drug-likeness (QED) is 0.576. The number of likely N-dealkylation sites (tertiary alicyclic amines) is 1. The Labute approximate surface area is 154 Å².